The van der Waals surface area contributed by atoms with E-state index in [9.17, 15) is 14.4 Å². The molecule has 0 aliphatic carbocycles. The molecule has 1 atom stereocenters. The van der Waals surface area contributed by atoms with Gasteiger partial charge in [-0.25, -0.2) is 9.78 Å². The van der Waals surface area contributed by atoms with Gasteiger partial charge in [0, 0.05) is 19.1 Å². The summed E-state index contributed by atoms with van der Waals surface area (Å²) in [6.07, 6.45) is 3.09. The van der Waals surface area contributed by atoms with Crippen molar-refractivity contribution >= 4 is 22.9 Å². The van der Waals surface area contributed by atoms with Gasteiger partial charge < -0.3 is 14.2 Å². The molecule has 1 aliphatic heterocycles. The fraction of sp³-hybridized carbons (Fsp3) is 0.500. The molecule has 2 aromatic rings. The highest BCUT2D eigenvalue weighted by atomic mass is 16.5. The highest BCUT2D eigenvalue weighted by molar-refractivity contribution is 5.94. The van der Waals surface area contributed by atoms with Crippen molar-refractivity contribution in [1.82, 2.24) is 14.5 Å². The summed E-state index contributed by atoms with van der Waals surface area (Å²) >= 11 is 0. The third kappa shape index (κ3) is 3.86. The number of nitrogens with zero attached hydrogens (tertiary/aromatic N) is 3. The summed E-state index contributed by atoms with van der Waals surface area (Å²) in [7, 11) is 0. The lowest BCUT2D eigenvalue weighted by Crippen LogP contribution is -2.44. The summed E-state index contributed by atoms with van der Waals surface area (Å²) in [4.78, 5) is 42.9. The molecule has 0 saturated carbocycles. The van der Waals surface area contributed by atoms with Gasteiger partial charge in [0.25, 0.3) is 11.5 Å². The maximum absolute atomic E-state index is 12.4. The number of carbonyl (C=O) groups excluding carboxylic acids is 2. The van der Waals surface area contributed by atoms with Crippen LogP contribution in [0.3, 0.4) is 0 Å². The second-order valence-electron chi connectivity index (χ2n) is 6.96. The number of esters is 1. The van der Waals surface area contributed by atoms with E-state index in [0.717, 1.165) is 19.3 Å². The van der Waals surface area contributed by atoms with E-state index in [1.807, 2.05) is 13.8 Å². The monoisotopic (exact) mass is 371 g/mol. The third-order valence-corrected chi connectivity index (χ3v) is 5.11. The fourth-order valence-corrected chi connectivity index (χ4v) is 3.58. The Hall–Kier alpha value is -2.70. The van der Waals surface area contributed by atoms with E-state index in [1.165, 1.54) is 0 Å². The second kappa shape index (κ2) is 7.90. The van der Waals surface area contributed by atoms with E-state index in [4.69, 9.17) is 4.74 Å². The van der Waals surface area contributed by atoms with Crippen LogP contribution in [0.2, 0.25) is 0 Å². The van der Waals surface area contributed by atoms with Gasteiger partial charge in [0.1, 0.15) is 5.69 Å². The number of hydrogen-bond acceptors (Lipinski definition) is 5. The largest absolute Gasteiger partial charge is 0.452 e. The van der Waals surface area contributed by atoms with E-state index in [0.29, 0.717) is 35.4 Å². The van der Waals surface area contributed by atoms with E-state index in [1.54, 1.807) is 34.6 Å². The SMILES string of the molecule is CCn1c(=O)c(C)nc2cc(C(=O)OCC(=O)N3CCCC[C@@H]3C)ccc21. The van der Waals surface area contributed by atoms with Crippen molar-refractivity contribution in [3.05, 3.63) is 39.8 Å². The molecule has 7 heteroatoms. The molecule has 1 amide bonds. The van der Waals surface area contributed by atoms with Crippen molar-refractivity contribution < 1.29 is 14.3 Å². The lowest BCUT2D eigenvalue weighted by molar-refractivity contribution is -0.137. The van der Waals surface area contributed by atoms with Crippen molar-refractivity contribution in [1.29, 1.82) is 0 Å². The number of fused-ring (bicyclic) bond motifs is 1. The molecule has 1 saturated heterocycles. The van der Waals surface area contributed by atoms with Gasteiger partial charge in [-0.1, -0.05) is 0 Å². The fourth-order valence-electron chi connectivity index (χ4n) is 3.58. The van der Waals surface area contributed by atoms with E-state index in [-0.39, 0.29) is 24.1 Å². The van der Waals surface area contributed by atoms with Gasteiger partial charge >= 0.3 is 5.97 Å². The first-order valence-electron chi connectivity index (χ1n) is 9.40. The van der Waals surface area contributed by atoms with Crippen molar-refractivity contribution in [3.63, 3.8) is 0 Å². The van der Waals surface area contributed by atoms with Crippen LogP contribution in [0.4, 0.5) is 0 Å². The maximum Gasteiger partial charge on any atom is 0.338 e. The molecule has 7 nitrogen and oxygen atoms in total. The average molecular weight is 371 g/mol. The number of carbonyl (C=O) groups is 2. The lowest BCUT2D eigenvalue weighted by atomic mass is 10.0. The van der Waals surface area contributed by atoms with Crippen LogP contribution in [0, 0.1) is 6.92 Å². The quantitative estimate of drug-likeness (QED) is 0.770. The zero-order valence-electron chi connectivity index (χ0n) is 16.0. The summed E-state index contributed by atoms with van der Waals surface area (Å²) in [5.41, 5.74) is 1.78. The first-order valence-corrected chi connectivity index (χ1v) is 9.40. The van der Waals surface area contributed by atoms with Gasteiger partial charge in [-0.15, -0.1) is 0 Å². The van der Waals surface area contributed by atoms with Crippen LogP contribution >= 0.6 is 0 Å². The minimum Gasteiger partial charge on any atom is -0.452 e. The third-order valence-electron chi connectivity index (χ3n) is 5.11. The van der Waals surface area contributed by atoms with Gasteiger partial charge in [-0.2, -0.15) is 0 Å². The molecule has 0 bridgehead atoms. The number of aromatic nitrogens is 2. The number of benzene rings is 1. The lowest BCUT2D eigenvalue weighted by Gasteiger charge is -2.33. The first-order chi connectivity index (χ1) is 12.9. The van der Waals surface area contributed by atoms with Crippen LogP contribution < -0.4 is 5.56 Å². The first kappa shape index (κ1) is 19.1. The Kier molecular flexibility index (Phi) is 5.58. The molecular formula is C20H25N3O4. The Labute approximate surface area is 157 Å². The van der Waals surface area contributed by atoms with Crippen molar-refractivity contribution in [2.45, 2.75) is 52.6 Å². The topological polar surface area (TPSA) is 81.5 Å². The molecule has 27 heavy (non-hydrogen) atoms. The van der Waals surface area contributed by atoms with Crippen LogP contribution in [0.15, 0.2) is 23.0 Å². The summed E-state index contributed by atoms with van der Waals surface area (Å²) in [5.74, 6) is -0.728. The summed E-state index contributed by atoms with van der Waals surface area (Å²) in [6.45, 7) is 6.52. The van der Waals surface area contributed by atoms with Crippen molar-refractivity contribution in [3.8, 4) is 0 Å². The van der Waals surface area contributed by atoms with Crippen LogP contribution in [-0.4, -0.2) is 45.5 Å². The molecule has 0 N–H and O–H groups in total. The average Bonchev–Trinajstić information content (AvgIpc) is 2.67. The zero-order valence-corrected chi connectivity index (χ0v) is 16.0. The summed E-state index contributed by atoms with van der Waals surface area (Å²) in [5, 5.41) is 0. The minimum atomic E-state index is -0.566. The molecule has 1 aromatic carbocycles. The summed E-state index contributed by atoms with van der Waals surface area (Å²) < 4.78 is 6.84. The number of piperidine rings is 1. The molecule has 1 aliphatic rings. The Morgan fingerprint density at radius 2 is 2.07 bits per heavy atom. The van der Waals surface area contributed by atoms with Crippen molar-refractivity contribution in [2.75, 3.05) is 13.2 Å². The normalized spacial score (nSPS) is 17.1. The minimum absolute atomic E-state index is 0.137. The molecule has 2 heterocycles. The van der Waals surface area contributed by atoms with E-state index < -0.39 is 5.97 Å². The Bertz CT molecular complexity index is 935. The maximum atomic E-state index is 12.4. The van der Waals surface area contributed by atoms with Gasteiger partial charge in [0.05, 0.1) is 16.6 Å². The van der Waals surface area contributed by atoms with Crippen LogP contribution in [0.1, 0.15) is 49.2 Å². The highest BCUT2D eigenvalue weighted by Gasteiger charge is 2.24. The zero-order chi connectivity index (χ0) is 19.6. The van der Waals surface area contributed by atoms with Gasteiger partial charge in [0.2, 0.25) is 0 Å². The predicted molar refractivity (Wildman–Crippen MR) is 102 cm³/mol. The van der Waals surface area contributed by atoms with Crippen LogP contribution in [0.5, 0.6) is 0 Å². The number of aryl methyl sites for hydroxylation is 2. The number of amides is 1. The number of likely N-dealkylation sites (tertiary alicyclic amines) is 1. The van der Waals surface area contributed by atoms with Gasteiger partial charge in [0.15, 0.2) is 6.61 Å². The molecular weight excluding hydrogens is 346 g/mol. The van der Waals surface area contributed by atoms with E-state index >= 15 is 0 Å². The van der Waals surface area contributed by atoms with Crippen molar-refractivity contribution in [2.24, 2.45) is 0 Å². The number of ether oxygens (including phenoxy) is 1. The van der Waals surface area contributed by atoms with Gasteiger partial charge in [-0.3, -0.25) is 9.59 Å². The van der Waals surface area contributed by atoms with Crippen LogP contribution in [-0.2, 0) is 16.1 Å². The van der Waals surface area contributed by atoms with E-state index in [2.05, 4.69) is 4.98 Å². The Morgan fingerprint density at radius 3 is 2.78 bits per heavy atom. The molecule has 0 radical (unpaired) electrons. The molecule has 0 unspecified atom stereocenters. The number of rotatable bonds is 4. The Morgan fingerprint density at radius 1 is 1.30 bits per heavy atom. The highest BCUT2D eigenvalue weighted by Crippen LogP contribution is 2.17. The second-order valence-corrected chi connectivity index (χ2v) is 6.96. The smallest absolute Gasteiger partial charge is 0.338 e. The Balaban J connectivity index is 1.75. The number of hydrogen-bond donors (Lipinski definition) is 0. The van der Waals surface area contributed by atoms with Crippen LogP contribution in [0.25, 0.3) is 11.0 Å². The molecule has 1 aromatic heterocycles. The predicted octanol–water partition coefficient (Wildman–Crippen LogP) is 2.28. The molecule has 0 spiro atoms. The standard InChI is InChI=1S/C20H25N3O4/c1-4-22-17-9-8-15(11-16(17)21-14(3)19(22)25)20(26)27-12-18(24)23-10-6-5-7-13(23)2/h8-9,11,13H,4-7,10,12H2,1-3H3/t13-/m0/s1. The molecule has 3 rings (SSSR count). The molecule has 144 valence electrons. The molecule has 1 fully saturated rings. The summed E-state index contributed by atoms with van der Waals surface area (Å²) in [6, 6.07) is 5.08. The van der Waals surface area contributed by atoms with Gasteiger partial charge in [-0.05, 0) is 58.2 Å².